The fraction of sp³-hybridized carbons (Fsp3) is 0.925. The van der Waals surface area contributed by atoms with E-state index in [1.54, 1.807) is 7.11 Å². The van der Waals surface area contributed by atoms with E-state index < -0.39 is 122 Å². The van der Waals surface area contributed by atoms with Gasteiger partial charge in [0.05, 0.1) is 39.0 Å². The smallest absolute Gasteiger partial charge is 0.454 e. The summed E-state index contributed by atoms with van der Waals surface area (Å²) in [7, 11) is -8.69. The molecule has 11 atom stereocenters. The fourth-order valence-electron chi connectivity index (χ4n) is 11.7. The summed E-state index contributed by atoms with van der Waals surface area (Å²) in [4.78, 5) is 80.5. The van der Waals surface area contributed by atoms with Gasteiger partial charge in [-0.15, -0.1) is 0 Å². The van der Waals surface area contributed by atoms with Crippen LogP contribution in [0.25, 0.3) is 0 Å². The second kappa shape index (κ2) is 54.2. The average Bonchev–Trinajstić information content (AvgIpc) is 0.826. The minimum absolute atomic E-state index is 0.0265. The Bertz CT molecular complexity index is 1930. The number of Topliss-reactive ketones (excluding diaryl/α,β-unsaturated/α-hetero) is 1. The molecule has 0 aromatic carbocycles. The Balaban J connectivity index is 2.47. The van der Waals surface area contributed by atoms with Crippen molar-refractivity contribution in [3.63, 3.8) is 0 Å². The first-order chi connectivity index (χ1) is 43.9. The van der Waals surface area contributed by atoms with Gasteiger partial charge in [0.1, 0.15) is 48.4 Å². The largest absolute Gasteiger partial charge is 0.470 e. The van der Waals surface area contributed by atoms with Crippen molar-refractivity contribution in [1.29, 1.82) is 0 Å². The molecule has 2 heterocycles. The van der Waals surface area contributed by atoms with Gasteiger partial charge < -0.3 is 73.0 Å². The summed E-state index contributed by atoms with van der Waals surface area (Å²) < 4.78 is 84.1. The van der Waals surface area contributed by atoms with Crippen LogP contribution < -0.4 is 5.32 Å². The van der Waals surface area contributed by atoms with E-state index >= 15 is 0 Å². The lowest BCUT2D eigenvalue weighted by atomic mass is 9.95. The number of esters is 1. The topological polar surface area (TPSA) is 311 Å². The van der Waals surface area contributed by atoms with Gasteiger partial charge in [0, 0.05) is 33.2 Å². The van der Waals surface area contributed by atoms with Gasteiger partial charge >= 0.3 is 21.6 Å². The van der Waals surface area contributed by atoms with Gasteiger partial charge in [-0.25, -0.2) is 9.13 Å². The summed E-state index contributed by atoms with van der Waals surface area (Å²) in [6.45, 7) is 6.25. The molecule has 7 N–H and O–H groups in total. The molecule has 0 saturated carbocycles. The molecule has 0 unspecified atom stereocenters. The van der Waals surface area contributed by atoms with Gasteiger partial charge in [-0.1, -0.05) is 220 Å². The van der Waals surface area contributed by atoms with E-state index in [2.05, 4.69) is 49.7 Å². The number of ketones is 1. The van der Waals surface area contributed by atoms with Crippen LogP contribution in [0.3, 0.4) is 0 Å². The van der Waals surface area contributed by atoms with E-state index in [1.165, 1.54) is 51.4 Å². The number of allylic oxidation sites excluding steroid dienone is 2. The minimum atomic E-state index is -5.33. The van der Waals surface area contributed by atoms with Gasteiger partial charge in [-0.3, -0.25) is 23.4 Å². The average molecular weight is 1340 g/mol. The SMILES string of the molecule is CCCCCCC=CCCCCCCCCCC(=O)O[C@H]1[C@H](OC[C@H]2O[C@H](OCCOP(=O)(O)O)[C@H](NC(=O)CC(=O)CCCCCCCCCCC)[C@@H](OCCCCCCCCCC)[C@@H]2O)O[C@H](CO)[C@@H](OP(=O)(O)O)[C@@H]1OCC[C@@H](CCCCCCC)OC. The van der Waals surface area contributed by atoms with E-state index in [0.29, 0.717) is 25.7 Å². The van der Waals surface area contributed by atoms with Crippen molar-refractivity contribution in [3.05, 3.63) is 12.2 Å². The molecule has 2 aliphatic heterocycles. The van der Waals surface area contributed by atoms with Gasteiger partial charge in [-0.2, -0.15) is 0 Å². The van der Waals surface area contributed by atoms with Crippen molar-refractivity contribution in [2.75, 3.05) is 46.8 Å². The Labute approximate surface area is 547 Å². The van der Waals surface area contributed by atoms with E-state index in [-0.39, 0.29) is 37.9 Å². The summed E-state index contributed by atoms with van der Waals surface area (Å²) >= 11 is 0. The predicted molar refractivity (Wildman–Crippen MR) is 351 cm³/mol. The van der Waals surface area contributed by atoms with Crippen molar-refractivity contribution in [2.45, 2.75) is 352 Å². The molecule has 24 heteroatoms. The Hall–Kier alpha value is -1.79. The molecule has 2 rings (SSSR count). The molecule has 1 amide bonds. The van der Waals surface area contributed by atoms with Crippen LogP contribution in [0.15, 0.2) is 12.2 Å². The minimum Gasteiger partial charge on any atom is -0.454 e. The van der Waals surface area contributed by atoms with Crippen LogP contribution >= 0.6 is 15.6 Å². The molecular weight excluding hydrogens is 1220 g/mol. The fourth-order valence-corrected chi connectivity index (χ4v) is 12.5. The maximum Gasteiger partial charge on any atom is 0.470 e. The van der Waals surface area contributed by atoms with E-state index in [4.69, 9.17) is 42.4 Å². The molecule has 0 aromatic rings. The lowest BCUT2D eigenvalue weighted by molar-refractivity contribution is -0.326. The number of phosphoric ester groups is 2. The normalized spacial score (nSPS) is 22.6. The number of aliphatic hydroxyl groups is 2. The molecular formula is C67H127NO21P2. The zero-order valence-electron chi connectivity index (χ0n) is 56.7. The number of unbranched alkanes of at least 4 members (excludes halogenated alkanes) is 30. The number of rotatable bonds is 61. The highest BCUT2D eigenvalue weighted by Gasteiger charge is 2.53. The summed E-state index contributed by atoms with van der Waals surface area (Å²) in [6.07, 6.45) is 27.6. The monoisotopic (exact) mass is 1340 g/mol. The highest BCUT2D eigenvalue weighted by Crippen LogP contribution is 2.43. The number of hydrogen-bond donors (Lipinski definition) is 7. The second-order valence-corrected chi connectivity index (χ2v) is 27.4. The lowest BCUT2D eigenvalue weighted by Gasteiger charge is -2.47. The number of carbonyl (C=O) groups excluding carboxylic acids is 3. The third-order valence-electron chi connectivity index (χ3n) is 16.9. The molecule has 536 valence electrons. The predicted octanol–water partition coefficient (Wildman–Crippen LogP) is 13.4. The van der Waals surface area contributed by atoms with Gasteiger partial charge in [0.25, 0.3) is 0 Å². The number of aliphatic hydroxyl groups excluding tert-OH is 2. The molecule has 22 nitrogen and oxygen atoms in total. The number of nitrogens with one attached hydrogen (secondary N) is 1. The first-order valence-corrected chi connectivity index (χ1v) is 38.7. The summed E-state index contributed by atoms with van der Waals surface area (Å²) in [5.41, 5.74) is 0. The van der Waals surface area contributed by atoms with E-state index in [9.17, 15) is 53.3 Å². The van der Waals surface area contributed by atoms with Crippen molar-refractivity contribution >= 4 is 33.3 Å². The van der Waals surface area contributed by atoms with E-state index in [1.807, 2.05) is 0 Å². The molecule has 0 aromatic heterocycles. The van der Waals surface area contributed by atoms with Crippen LogP contribution in [0.4, 0.5) is 0 Å². The molecule has 0 radical (unpaired) electrons. The van der Waals surface area contributed by atoms with Gasteiger partial charge in [-0.05, 0) is 57.8 Å². The third-order valence-corrected chi connectivity index (χ3v) is 18.0. The van der Waals surface area contributed by atoms with Crippen molar-refractivity contribution in [1.82, 2.24) is 5.32 Å². The zero-order valence-corrected chi connectivity index (χ0v) is 58.5. The molecule has 91 heavy (non-hydrogen) atoms. The third kappa shape index (κ3) is 42.5. The Kier molecular flexibility index (Phi) is 50.8. The van der Waals surface area contributed by atoms with Crippen molar-refractivity contribution in [3.8, 4) is 0 Å². The first-order valence-electron chi connectivity index (χ1n) is 35.6. The number of phosphoric acid groups is 2. The van der Waals surface area contributed by atoms with Crippen LogP contribution in [-0.2, 0) is 70.5 Å². The maximum atomic E-state index is 14.0. The molecule has 0 spiro atoms. The standard InChI is InChI=1S/C67H127NO21P2/c1-6-10-14-18-21-24-25-26-27-28-29-31-33-37-41-45-59(72)88-65-64(82-48-46-55(80-5)44-40-35-17-13-9-4)62(89-91(77,78)79)56(52-69)86-67(65)84-53-57-61(73)63(81-47-42-38-34-23-20-16-12-8-3)60(66(87-57)83-49-50-85-90(74,75)76)68-58(71)51-54(70)43-39-36-32-30-22-19-15-11-7-2/h24-25,55-57,60-67,69,73H,6-23,26-53H2,1-5H3,(H,68,71)(H2,74,75,76)(H2,77,78,79)/t55-,56-,57-,60-,61-,62-,63-,64+,65-,66+,67-/m1/s1. The number of hydrogen-bond acceptors (Lipinski definition) is 17. The summed E-state index contributed by atoms with van der Waals surface area (Å²) in [5.74, 6) is -1.65. The van der Waals surface area contributed by atoms with Crippen LogP contribution in [0.2, 0.25) is 0 Å². The first kappa shape index (κ1) is 85.3. The van der Waals surface area contributed by atoms with Crippen LogP contribution in [0.1, 0.15) is 285 Å². The molecule has 2 fully saturated rings. The number of methoxy groups -OCH3 is 1. The Morgan fingerprint density at radius 2 is 1.00 bits per heavy atom. The molecule has 2 aliphatic rings. The van der Waals surface area contributed by atoms with E-state index in [0.717, 1.165) is 161 Å². The zero-order chi connectivity index (χ0) is 66.8. The Morgan fingerprint density at radius 3 is 1.54 bits per heavy atom. The highest BCUT2D eigenvalue weighted by molar-refractivity contribution is 7.46. The Morgan fingerprint density at radius 1 is 0.505 bits per heavy atom. The second-order valence-electron chi connectivity index (χ2n) is 25.0. The number of carbonyl (C=O) groups is 3. The van der Waals surface area contributed by atoms with Crippen LogP contribution in [0.5, 0.6) is 0 Å². The quantitative estimate of drug-likeness (QED) is 0.00978. The van der Waals surface area contributed by atoms with Crippen molar-refractivity contribution in [2.24, 2.45) is 0 Å². The molecule has 2 saturated heterocycles. The number of amides is 1. The van der Waals surface area contributed by atoms with Crippen molar-refractivity contribution < 1.29 is 100 Å². The van der Waals surface area contributed by atoms with Crippen LogP contribution in [0, 0.1) is 0 Å². The van der Waals surface area contributed by atoms with Gasteiger partial charge in [0.15, 0.2) is 18.7 Å². The summed E-state index contributed by atoms with van der Waals surface area (Å²) in [6, 6.07) is -1.28. The number of ether oxygens (including phenoxy) is 8. The summed E-state index contributed by atoms with van der Waals surface area (Å²) in [5, 5.41) is 25.9. The molecule has 0 aliphatic carbocycles. The maximum absolute atomic E-state index is 14.0. The highest BCUT2D eigenvalue weighted by atomic mass is 31.2. The van der Waals surface area contributed by atoms with Gasteiger partial charge in [0.2, 0.25) is 5.91 Å². The lowest BCUT2D eigenvalue weighted by Crippen LogP contribution is -2.66. The van der Waals surface area contributed by atoms with Crippen LogP contribution in [-0.4, -0.2) is 162 Å². The molecule has 0 bridgehead atoms.